The average Bonchev–Trinajstić information content (AvgIpc) is 2.53. The lowest BCUT2D eigenvalue weighted by Gasteiger charge is -2.20. The molecule has 2 aromatic rings. The van der Waals surface area contributed by atoms with Crippen molar-refractivity contribution in [3.63, 3.8) is 0 Å². The smallest absolute Gasteiger partial charge is 0.132 e. The molecule has 2 heteroatoms. The normalized spacial score (nSPS) is 12.1. The van der Waals surface area contributed by atoms with Gasteiger partial charge in [0.25, 0.3) is 0 Å². The van der Waals surface area contributed by atoms with Crippen molar-refractivity contribution in [2.45, 2.75) is 39.7 Å². The molecule has 1 N–H and O–H groups in total. The summed E-state index contributed by atoms with van der Waals surface area (Å²) in [5, 5.41) is 3.52. The summed E-state index contributed by atoms with van der Waals surface area (Å²) in [4.78, 5) is 0. The summed E-state index contributed by atoms with van der Waals surface area (Å²) in [5.41, 5.74) is 2.52. The van der Waals surface area contributed by atoms with E-state index in [1.165, 1.54) is 11.1 Å². The van der Waals surface area contributed by atoms with Gasteiger partial charge in [-0.15, -0.1) is 0 Å². The molecular formula is C19H25NO. The number of nitrogens with one attached hydrogen (secondary N) is 1. The second-order valence-electron chi connectivity index (χ2n) is 5.16. The zero-order valence-electron chi connectivity index (χ0n) is 13.2. The number of para-hydroxylation sites is 1. The van der Waals surface area contributed by atoms with Crippen LogP contribution in [0.15, 0.2) is 48.5 Å². The number of rotatable bonds is 7. The first kappa shape index (κ1) is 15.6. The molecule has 112 valence electrons. The second-order valence-corrected chi connectivity index (χ2v) is 5.16. The van der Waals surface area contributed by atoms with E-state index in [2.05, 4.69) is 56.4 Å². The molecule has 0 fully saturated rings. The molecule has 0 spiro atoms. The maximum absolute atomic E-state index is 6.14. The fraction of sp³-hybridized carbons (Fsp3) is 0.368. The van der Waals surface area contributed by atoms with Crippen molar-refractivity contribution in [1.82, 2.24) is 5.32 Å². The molecule has 1 unspecified atom stereocenters. The van der Waals surface area contributed by atoms with Crippen molar-refractivity contribution in [3.8, 4) is 11.5 Å². The lowest BCUT2D eigenvalue weighted by Crippen LogP contribution is -2.20. The van der Waals surface area contributed by atoms with Crippen LogP contribution in [0.4, 0.5) is 0 Å². The van der Waals surface area contributed by atoms with Crippen molar-refractivity contribution in [3.05, 3.63) is 59.7 Å². The van der Waals surface area contributed by atoms with Gasteiger partial charge in [-0.05, 0) is 43.1 Å². The minimum Gasteiger partial charge on any atom is -0.457 e. The molecule has 0 saturated carbocycles. The summed E-state index contributed by atoms with van der Waals surface area (Å²) < 4.78 is 6.14. The van der Waals surface area contributed by atoms with Gasteiger partial charge < -0.3 is 10.1 Å². The molecule has 2 aromatic carbocycles. The van der Waals surface area contributed by atoms with Crippen LogP contribution in [0.3, 0.4) is 0 Å². The summed E-state index contributed by atoms with van der Waals surface area (Å²) in [6.07, 6.45) is 2.07. The van der Waals surface area contributed by atoms with Crippen LogP contribution < -0.4 is 10.1 Å². The molecule has 0 aliphatic carbocycles. The lowest BCUT2D eigenvalue weighted by atomic mass is 10.0. The van der Waals surface area contributed by atoms with Crippen LogP contribution in [-0.4, -0.2) is 6.54 Å². The van der Waals surface area contributed by atoms with Gasteiger partial charge in [0, 0.05) is 11.6 Å². The van der Waals surface area contributed by atoms with Crippen molar-refractivity contribution in [1.29, 1.82) is 0 Å². The van der Waals surface area contributed by atoms with Crippen LogP contribution in [-0.2, 0) is 6.42 Å². The number of benzene rings is 2. The average molecular weight is 283 g/mol. The number of hydrogen-bond donors (Lipinski definition) is 1. The van der Waals surface area contributed by atoms with Gasteiger partial charge in [-0.25, -0.2) is 0 Å². The van der Waals surface area contributed by atoms with Crippen LogP contribution in [0.5, 0.6) is 11.5 Å². The van der Waals surface area contributed by atoms with E-state index in [0.29, 0.717) is 6.04 Å². The molecule has 0 heterocycles. The van der Waals surface area contributed by atoms with Gasteiger partial charge in [-0.1, -0.05) is 51.1 Å². The fourth-order valence-corrected chi connectivity index (χ4v) is 2.54. The van der Waals surface area contributed by atoms with Crippen LogP contribution in [0.25, 0.3) is 0 Å². The predicted octanol–water partition coefficient (Wildman–Crippen LogP) is 5.10. The Morgan fingerprint density at radius 2 is 1.81 bits per heavy atom. The molecule has 0 aliphatic heterocycles. The molecule has 0 aliphatic rings. The summed E-state index contributed by atoms with van der Waals surface area (Å²) in [6.45, 7) is 7.45. The molecule has 1 atom stereocenters. The summed E-state index contributed by atoms with van der Waals surface area (Å²) in [5.74, 6) is 1.85. The topological polar surface area (TPSA) is 21.3 Å². The molecule has 2 rings (SSSR count). The van der Waals surface area contributed by atoms with Crippen LogP contribution >= 0.6 is 0 Å². The van der Waals surface area contributed by atoms with Crippen molar-refractivity contribution < 1.29 is 4.74 Å². The first-order valence-electron chi connectivity index (χ1n) is 7.87. The molecule has 0 bridgehead atoms. The minimum absolute atomic E-state index is 0.334. The molecular weight excluding hydrogens is 258 g/mol. The molecule has 0 amide bonds. The Kier molecular flexibility index (Phi) is 5.82. The Balaban J connectivity index is 2.27. The quantitative estimate of drug-likeness (QED) is 0.763. The Hall–Kier alpha value is -1.80. The van der Waals surface area contributed by atoms with Crippen LogP contribution in [0.1, 0.15) is 44.4 Å². The monoisotopic (exact) mass is 283 g/mol. The Morgan fingerprint density at radius 1 is 1.00 bits per heavy atom. The van der Waals surface area contributed by atoms with Crippen molar-refractivity contribution in [2.24, 2.45) is 0 Å². The Morgan fingerprint density at radius 3 is 2.52 bits per heavy atom. The maximum Gasteiger partial charge on any atom is 0.132 e. The summed E-state index contributed by atoms with van der Waals surface area (Å²) >= 11 is 0. The highest BCUT2D eigenvalue weighted by molar-refractivity contribution is 5.40. The first-order chi connectivity index (χ1) is 10.3. The van der Waals surface area contributed by atoms with E-state index in [0.717, 1.165) is 30.9 Å². The highest BCUT2D eigenvalue weighted by Gasteiger charge is 2.13. The van der Waals surface area contributed by atoms with E-state index >= 15 is 0 Å². The zero-order valence-corrected chi connectivity index (χ0v) is 13.2. The maximum atomic E-state index is 6.14. The molecule has 0 aromatic heterocycles. The molecule has 2 nitrogen and oxygen atoms in total. The van der Waals surface area contributed by atoms with E-state index < -0.39 is 0 Å². The van der Waals surface area contributed by atoms with E-state index in [9.17, 15) is 0 Å². The number of hydrogen-bond acceptors (Lipinski definition) is 2. The van der Waals surface area contributed by atoms with E-state index in [-0.39, 0.29) is 0 Å². The largest absolute Gasteiger partial charge is 0.457 e. The SMILES string of the molecule is CCNC(CC)c1ccccc1Oc1cccc(CC)c1. The third-order valence-corrected chi connectivity index (χ3v) is 3.69. The molecule has 0 radical (unpaired) electrons. The van der Waals surface area contributed by atoms with Gasteiger partial charge in [0.2, 0.25) is 0 Å². The van der Waals surface area contributed by atoms with Crippen LogP contribution in [0.2, 0.25) is 0 Å². The number of ether oxygens (including phenoxy) is 1. The predicted molar refractivity (Wildman–Crippen MR) is 89.0 cm³/mol. The van der Waals surface area contributed by atoms with Crippen LogP contribution in [0, 0.1) is 0 Å². The van der Waals surface area contributed by atoms with Crippen molar-refractivity contribution in [2.75, 3.05) is 6.54 Å². The highest BCUT2D eigenvalue weighted by Crippen LogP contribution is 2.31. The van der Waals surface area contributed by atoms with Gasteiger partial charge in [0.15, 0.2) is 0 Å². The zero-order chi connectivity index (χ0) is 15.1. The van der Waals surface area contributed by atoms with Crippen molar-refractivity contribution >= 4 is 0 Å². The van der Waals surface area contributed by atoms with E-state index in [4.69, 9.17) is 4.74 Å². The first-order valence-corrected chi connectivity index (χ1v) is 7.87. The van der Waals surface area contributed by atoms with E-state index in [1.807, 2.05) is 18.2 Å². The van der Waals surface area contributed by atoms with E-state index in [1.54, 1.807) is 0 Å². The summed E-state index contributed by atoms with van der Waals surface area (Å²) in [6, 6.07) is 17.0. The van der Waals surface area contributed by atoms with Gasteiger partial charge in [-0.2, -0.15) is 0 Å². The summed E-state index contributed by atoms with van der Waals surface area (Å²) in [7, 11) is 0. The fourth-order valence-electron chi connectivity index (χ4n) is 2.54. The van der Waals surface area contributed by atoms with Gasteiger partial charge in [0.1, 0.15) is 11.5 Å². The Labute approximate surface area is 128 Å². The Bertz CT molecular complexity index is 565. The van der Waals surface area contributed by atoms with Gasteiger partial charge >= 0.3 is 0 Å². The third kappa shape index (κ3) is 4.08. The molecule has 21 heavy (non-hydrogen) atoms. The lowest BCUT2D eigenvalue weighted by molar-refractivity contribution is 0.452. The minimum atomic E-state index is 0.334. The number of aryl methyl sites for hydroxylation is 1. The standard InChI is InChI=1S/C19H25NO/c1-4-15-10-9-11-16(14-15)21-19-13-8-7-12-17(19)18(5-2)20-6-3/h7-14,18,20H,4-6H2,1-3H3. The second kappa shape index (κ2) is 7.84. The van der Waals surface area contributed by atoms with Gasteiger partial charge in [0.05, 0.1) is 0 Å². The highest BCUT2D eigenvalue weighted by atomic mass is 16.5. The third-order valence-electron chi connectivity index (χ3n) is 3.69. The molecule has 0 saturated heterocycles. The van der Waals surface area contributed by atoms with Gasteiger partial charge in [-0.3, -0.25) is 0 Å².